The largest absolute Gasteiger partial charge is 0.497 e. The first-order valence-corrected chi connectivity index (χ1v) is 7.85. The number of nitrogens with zero attached hydrogens (tertiary/aromatic N) is 1. The number of likely N-dealkylation sites (tertiary alicyclic amines) is 1. The zero-order chi connectivity index (χ0) is 15.8. The molecule has 1 N–H and O–H groups in total. The quantitative estimate of drug-likeness (QED) is 0.829. The molecule has 0 atom stereocenters. The SMILES string of the molecule is COCCN1CCC(NC(=O)Cc2ccc(OC)cc2)CC1. The molecule has 0 unspecified atom stereocenters. The van der Waals surface area contributed by atoms with Crippen molar-refractivity contribution in [1.29, 1.82) is 0 Å². The van der Waals surface area contributed by atoms with Crippen molar-refractivity contribution in [3.63, 3.8) is 0 Å². The molecule has 5 nitrogen and oxygen atoms in total. The van der Waals surface area contributed by atoms with Gasteiger partial charge >= 0.3 is 0 Å². The summed E-state index contributed by atoms with van der Waals surface area (Å²) in [6.07, 6.45) is 2.45. The fraction of sp³-hybridized carbons (Fsp3) is 0.588. The Hall–Kier alpha value is -1.59. The first kappa shape index (κ1) is 16.8. The van der Waals surface area contributed by atoms with E-state index in [-0.39, 0.29) is 5.91 Å². The molecule has 22 heavy (non-hydrogen) atoms. The van der Waals surface area contributed by atoms with Gasteiger partial charge in [-0.25, -0.2) is 0 Å². The van der Waals surface area contributed by atoms with Gasteiger partial charge in [-0.2, -0.15) is 0 Å². The summed E-state index contributed by atoms with van der Waals surface area (Å²) < 4.78 is 10.2. The second-order valence-corrected chi connectivity index (χ2v) is 5.70. The van der Waals surface area contributed by atoms with Crippen molar-refractivity contribution < 1.29 is 14.3 Å². The van der Waals surface area contributed by atoms with E-state index in [2.05, 4.69) is 10.2 Å². The zero-order valence-electron chi connectivity index (χ0n) is 13.5. The van der Waals surface area contributed by atoms with E-state index >= 15 is 0 Å². The molecule has 1 aromatic carbocycles. The van der Waals surface area contributed by atoms with Crippen LogP contribution in [0.25, 0.3) is 0 Å². The first-order chi connectivity index (χ1) is 10.7. The summed E-state index contributed by atoms with van der Waals surface area (Å²) in [7, 11) is 3.37. The van der Waals surface area contributed by atoms with Crippen LogP contribution < -0.4 is 10.1 Å². The predicted octanol–water partition coefficient (Wildman–Crippen LogP) is 1.46. The molecule has 122 valence electrons. The monoisotopic (exact) mass is 306 g/mol. The van der Waals surface area contributed by atoms with Crippen LogP contribution in [-0.2, 0) is 16.0 Å². The lowest BCUT2D eigenvalue weighted by Gasteiger charge is -2.32. The van der Waals surface area contributed by atoms with Crippen molar-refractivity contribution >= 4 is 5.91 Å². The van der Waals surface area contributed by atoms with Crippen LogP contribution >= 0.6 is 0 Å². The third kappa shape index (κ3) is 5.31. The molecule has 1 amide bonds. The second kappa shape index (κ2) is 8.76. The lowest BCUT2D eigenvalue weighted by Crippen LogP contribution is -2.45. The van der Waals surface area contributed by atoms with E-state index in [9.17, 15) is 4.79 Å². The van der Waals surface area contributed by atoms with Gasteiger partial charge in [0.05, 0.1) is 20.1 Å². The van der Waals surface area contributed by atoms with E-state index in [1.54, 1.807) is 14.2 Å². The number of ether oxygens (including phenoxy) is 2. The minimum atomic E-state index is 0.0977. The minimum Gasteiger partial charge on any atom is -0.497 e. The van der Waals surface area contributed by atoms with E-state index < -0.39 is 0 Å². The fourth-order valence-corrected chi connectivity index (χ4v) is 2.73. The van der Waals surface area contributed by atoms with E-state index in [1.165, 1.54) is 0 Å². The van der Waals surface area contributed by atoms with Crippen LogP contribution in [0.2, 0.25) is 0 Å². The third-order valence-corrected chi connectivity index (χ3v) is 4.09. The highest BCUT2D eigenvalue weighted by Crippen LogP contribution is 2.13. The van der Waals surface area contributed by atoms with Gasteiger partial charge in [0, 0.05) is 32.8 Å². The van der Waals surface area contributed by atoms with Crippen LogP contribution in [-0.4, -0.2) is 57.3 Å². The van der Waals surface area contributed by atoms with Crippen LogP contribution in [0, 0.1) is 0 Å². The van der Waals surface area contributed by atoms with E-state index in [0.717, 1.165) is 50.4 Å². The second-order valence-electron chi connectivity index (χ2n) is 5.70. The van der Waals surface area contributed by atoms with Crippen LogP contribution in [0.1, 0.15) is 18.4 Å². The van der Waals surface area contributed by atoms with Gasteiger partial charge in [0.2, 0.25) is 5.91 Å². The Morgan fingerprint density at radius 1 is 1.23 bits per heavy atom. The van der Waals surface area contributed by atoms with Crippen molar-refractivity contribution in [2.24, 2.45) is 0 Å². The molecule has 1 aliphatic rings. The highest BCUT2D eigenvalue weighted by atomic mass is 16.5. The molecule has 0 aromatic heterocycles. The molecule has 0 aliphatic carbocycles. The predicted molar refractivity (Wildman–Crippen MR) is 86.2 cm³/mol. The van der Waals surface area contributed by atoms with E-state index in [1.807, 2.05) is 24.3 Å². The van der Waals surface area contributed by atoms with E-state index in [4.69, 9.17) is 9.47 Å². The molecule has 1 aromatic rings. The molecular weight excluding hydrogens is 280 g/mol. The smallest absolute Gasteiger partial charge is 0.224 e. The maximum absolute atomic E-state index is 12.1. The van der Waals surface area contributed by atoms with Crippen LogP contribution in [0.3, 0.4) is 0 Å². The maximum atomic E-state index is 12.1. The lowest BCUT2D eigenvalue weighted by atomic mass is 10.0. The molecule has 2 rings (SSSR count). The van der Waals surface area contributed by atoms with Gasteiger partial charge in [0.1, 0.15) is 5.75 Å². The Bertz CT molecular complexity index is 453. The standard InChI is InChI=1S/C17H26N2O3/c1-21-12-11-19-9-7-15(8-10-19)18-17(20)13-14-3-5-16(22-2)6-4-14/h3-6,15H,7-13H2,1-2H3,(H,18,20). The molecule has 1 aliphatic heterocycles. The van der Waals surface area contributed by atoms with Crippen molar-refractivity contribution in [2.75, 3.05) is 40.5 Å². The van der Waals surface area contributed by atoms with Gasteiger partial charge in [-0.05, 0) is 30.5 Å². The number of hydrogen-bond donors (Lipinski definition) is 1. The summed E-state index contributed by atoms with van der Waals surface area (Å²) in [6, 6.07) is 7.94. The van der Waals surface area contributed by atoms with Crippen molar-refractivity contribution in [3.8, 4) is 5.75 Å². The third-order valence-electron chi connectivity index (χ3n) is 4.09. The van der Waals surface area contributed by atoms with Gasteiger partial charge in [-0.15, -0.1) is 0 Å². The summed E-state index contributed by atoms with van der Waals surface area (Å²) in [5, 5.41) is 3.14. The van der Waals surface area contributed by atoms with Crippen molar-refractivity contribution in [1.82, 2.24) is 10.2 Å². The Morgan fingerprint density at radius 2 is 1.91 bits per heavy atom. The average molecular weight is 306 g/mol. The van der Waals surface area contributed by atoms with Crippen LogP contribution in [0.5, 0.6) is 5.75 Å². The van der Waals surface area contributed by atoms with Gasteiger partial charge in [0.25, 0.3) is 0 Å². The Labute approximate surface area is 132 Å². The van der Waals surface area contributed by atoms with Gasteiger partial charge in [-0.1, -0.05) is 12.1 Å². The van der Waals surface area contributed by atoms with Crippen LogP contribution in [0.15, 0.2) is 24.3 Å². The summed E-state index contributed by atoms with van der Waals surface area (Å²) in [5.41, 5.74) is 1.01. The summed E-state index contributed by atoms with van der Waals surface area (Å²) in [5.74, 6) is 0.910. The average Bonchev–Trinajstić information content (AvgIpc) is 2.55. The normalized spacial score (nSPS) is 16.5. The van der Waals surface area contributed by atoms with Crippen molar-refractivity contribution in [3.05, 3.63) is 29.8 Å². The van der Waals surface area contributed by atoms with E-state index in [0.29, 0.717) is 12.5 Å². The van der Waals surface area contributed by atoms with Gasteiger partial charge in [0.15, 0.2) is 0 Å². The molecule has 0 bridgehead atoms. The summed E-state index contributed by atoms with van der Waals surface area (Å²) in [6.45, 7) is 3.80. The molecule has 1 saturated heterocycles. The van der Waals surface area contributed by atoms with Gasteiger partial charge in [-0.3, -0.25) is 4.79 Å². The number of amides is 1. The topological polar surface area (TPSA) is 50.8 Å². The molecule has 0 radical (unpaired) electrons. The molecule has 5 heteroatoms. The Kier molecular flexibility index (Phi) is 6.68. The highest BCUT2D eigenvalue weighted by molar-refractivity contribution is 5.78. The summed E-state index contributed by atoms with van der Waals surface area (Å²) >= 11 is 0. The number of piperidine rings is 1. The minimum absolute atomic E-state index is 0.0977. The summed E-state index contributed by atoms with van der Waals surface area (Å²) in [4.78, 5) is 14.5. The van der Waals surface area contributed by atoms with Crippen molar-refractivity contribution in [2.45, 2.75) is 25.3 Å². The molecule has 0 saturated carbocycles. The molecule has 1 heterocycles. The zero-order valence-corrected chi connectivity index (χ0v) is 13.5. The number of methoxy groups -OCH3 is 2. The maximum Gasteiger partial charge on any atom is 0.224 e. The number of nitrogens with one attached hydrogen (secondary N) is 1. The molecular formula is C17H26N2O3. The highest BCUT2D eigenvalue weighted by Gasteiger charge is 2.20. The Morgan fingerprint density at radius 3 is 2.50 bits per heavy atom. The number of benzene rings is 1. The number of carbonyl (C=O) groups excluding carboxylic acids is 1. The fourth-order valence-electron chi connectivity index (χ4n) is 2.73. The number of rotatable bonds is 7. The number of hydrogen-bond acceptors (Lipinski definition) is 4. The molecule has 0 spiro atoms. The number of carbonyl (C=O) groups is 1. The molecule has 1 fully saturated rings. The lowest BCUT2D eigenvalue weighted by molar-refractivity contribution is -0.121. The Balaban J connectivity index is 1.71. The first-order valence-electron chi connectivity index (χ1n) is 7.85. The van der Waals surface area contributed by atoms with Crippen LogP contribution in [0.4, 0.5) is 0 Å². The van der Waals surface area contributed by atoms with Gasteiger partial charge < -0.3 is 19.7 Å².